The van der Waals surface area contributed by atoms with E-state index < -0.39 is 0 Å². The van der Waals surface area contributed by atoms with E-state index in [4.69, 9.17) is 5.73 Å². The Morgan fingerprint density at radius 2 is 2.11 bits per heavy atom. The summed E-state index contributed by atoms with van der Waals surface area (Å²) in [6.45, 7) is 2.59. The van der Waals surface area contributed by atoms with Gasteiger partial charge in [-0.3, -0.25) is 14.8 Å². The van der Waals surface area contributed by atoms with Gasteiger partial charge in [0.2, 0.25) is 5.91 Å². The number of amides is 1. The molecule has 5 nitrogen and oxygen atoms in total. The second-order valence-corrected chi connectivity index (χ2v) is 4.97. The summed E-state index contributed by atoms with van der Waals surface area (Å²) in [6, 6.07) is 9.96. The van der Waals surface area contributed by atoms with E-state index in [2.05, 4.69) is 10.2 Å². The van der Waals surface area contributed by atoms with E-state index in [1.54, 1.807) is 4.90 Å². The van der Waals surface area contributed by atoms with Crippen molar-refractivity contribution in [3.8, 4) is 11.3 Å². The Balaban J connectivity index is 1.87. The second-order valence-electron chi connectivity index (χ2n) is 4.97. The van der Waals surface area contributed by atoms with Crippen molar-refractivity contribution in [3.63, 3.8) is 0 Å². The molecule has 2 aromatic rings. The number of aryl methyl sites for hydroxylation is 1. The van der Waals surface area contributed by atoms with Gasteiger partial charge < -0.3 is 5.73 Å². The fourth-order valence-corrected chi connectivity index (χ4v) is 2.29. The molecule has 5 heteroatoms. The highest BCUT2D eigenvalue weighted by Crippen LogP contribution is 2.24. The van der Waals surface area contributed by atoms with Crippen LogP contribution in [0.2, 0.25) is 0 Å². The molecule has 19 heavy (non-hydrogen) atoms. The Hall–Kier alpha value is -2.14. The molecule has 1 aromatic carbocycles. The van der Waals surface area contributed by atoms with Gasteiger partial charge in [-0.25, -0.2) is 0 Å². The van der Waals surface area contributed by atoms with Crippen LogP contribution in [0.5, 0.6) is 0 Å². The van der Waals surface area contributed by atoms with Crippen LogP contribution in [0.4, 0.5) is 5.82 Å². The number of nitrogens with one attached hydrogen (secondary N) is 1. The largest absolute Gasteiger partial charge is 0.326 e. The topological polar surface area (TPSA) is 75.0 Å². The molecule has 0 saturated carbocycles. The van der Waals surface area contributed by atoms with Gasteiger partial charge in [0.05, 0.1) is 5.69 Å². The molecule has 0 aliphatic carbocycles. The van der Waals surface area contributed by atoms with Crippen molar-refractivity contribution in [3.05, 3.63) is 35.9 Å². The average Bonchev–Trinajstić information content (AvgIpc) is 2.97. The highest BCUT2D eigenvalue weighted by Gasteiger charge is 2.29. The van der Waals surface area contributed by atoms with Crippen LogP contribution < -0.4 is 10.6 Å². The van der Waals surface area contributed by atoms with Crippen LogP contribution in [0.3, 0.4) is 0 Å². The summed E-state index contributed by atoms with van der Waals surface area (Å²) < 4.78 is 0. The van der Waals surface area contributed by atoms with Crippen molar-refractivity contribution in [2.75, 3.05) is 11.4 Å². The van der Waals surface area contributed by atoms with Crippen LogP contribution in [0.15, 0.2) is 30.3 Å². The fraction of sp³-hybridized carbons (Fsp3) is 0.286. The first-order valence-corrected chi connectivity index (χ1v) is 6.32. The lowest BCUT2D eigenvalue weighted by molar-refractivity contribution is -0.117. The normalized spacial score (nSPS) is 19.2. The summed E-state index contributed by atoms with van der Waals surface area (Å²) >= 11 is 0. The lowest BCUT2D eigenvalue weighted by atomic mass is 10.1. The van der Waals surface area contributed by atoms with E-state index in [0.717, 1.165) is 11.3 Å². The van der Waals surface area contributed by atoms with Crippen molar-refractivity contribution in [1.29, 1.82) is 0 Å². The number of aromatic amines is 1. The molecule has 1 fully saturated rings. The number of nitrogens with zero attached hydrogens (tertiary/aromatic N) is 2. The molecule has 1 atom stereocenters. The van der Waals surface area contributed by atoms with E-state index in [-0.39, 0.29) is 11.9 Å². The second kappa shape index (κ2) is 4.51. The maximum absolute atomic E-state index is 11.8. The summed E-state index contributed by atoms with van der Waals surface area (Å²) in [4.78, 5) is 13.4. The van der Waals surface area contributed by atoms with Gasteiger partial charge in [-0.05, 0) is 12.5 Å². The minimum atomic E-state index is -0.0907. The van der Waals surface area contributed by atoms with Crippen LogP contribution in [0.1, 0.15) is 12.0 Å². The van der Waals surface area contributed by atoms with Crippen LogP contribution in [0.25, 0.3) is 11.3 Å². The lowest BCUT2D eigenvalue weighted by Crippen LogP contribution is -2.28. The van der Waals surface area contributed by atoms with Gasteiger partial charge in [-0.15, -0.1) is 0 Å². The van der Waals surface area contributed by atoms with Gasteiger partial charge in [-0.2, -0.15) is 5.10 Å². The zero-order valence-corrected chi connectivity index (χ0v) is 10.8. The number of rotatable bonds is 2. The third kappa shape index (κ3) is 2.24. The first kappa shape index (κ1) is 11.9. The van der Waals surface area contributed by atoms with Gasteiger partial charge in [0.25, 0.3) is 0 Å². The molecular formula is C14H16N4O. The molecule has 2 heterocycles. The van der Waals surface area contributed by atoms with Crippen molar-refractivity contribution in [2.45, 2.75) is 19.4 Å². The monoisotopic (exact) mass is 256 g/mol. The van der Waals surface area contributed by atoms with Crippen LogP contribution >= 0.6 is 0 Å². The highest BCUT2D eigenvalue weighted by atomic mass is 16.2. The Kier molecular flexibility index (Phi) is 2.83. The zero-order valence-electron chi connectivity index (χ0n) is 10.8. The van der Waals surface area contributed by atoms with Gasteiger partial charge in [0.15, 0.2) is 5.82 Å². The van der Waals surface area contributed by atoms with Gasteiger partial charge in [-0.1, -0.05) is 29.8 Å². The highest BCUT2D eigenvalue weighted by molar-refractivity contribution is 5.95. The minimum absolute atomic E-state index is 0.0365. The quantitative estimate of drug-likeness (QED) is 0.854. The first-order chi connectivity index (χ1) is 9.13. The summed E-state index contributed by atoms with van der Waals surface area (Å²) in [5.41, 5.74) is 8.96. The number of H-pyrrole nitrogens is 1. The summed E-state index contributed by atoms with van der Waals surface area (Å²) in [5.74, 6) is 0.683. The van der Waals surface area contributed by atoms with Crippen LogP contribution in [-0.2, 0) is 4.79 Å². The maximum Gasteiger partial charge on any atom is 0.229 e. The Morgan fingerprint density at radius 1 is 1.37 bits per heavy atom. The molecule has 1 unspecified atom stereocenters. The Bertz CT molecular complexity index is 602. The zero-order chi connectivity index (χ0) is 13.4. The standard InChI is InChI=1S/C14H16N4O/c1-9-2-4-10(5-3-9)12-7-13(17-16-12)18-8-11(15)6-14(18)19/h2-5,7,11H,6,8,15H2,1H3,(H,16,17). The van der Waals surface area contributed by atoms with Crippen molar-refractivity contribution in [2.24, 2.45) is 5.73 Å². The van der Waals surface area contributed by atoms with E-state index in [0.29, 0.717) is 18.8 Å². The smallest absolute Gasteiger partial charge is 0.229 e. The van der Waals surface area contributed by atoms with Gasteiger partial charge in [0, 0.05) is 25.1 Å². The van der Waals surface area contributed by atoms with Crippen molar-refractivity contribution < 1.29 is 4.79 Å². The molecule has 1 aromatic heterocycles. The van der Waals surface area contributed by atoms with Crippen LogP contribution in [0, 0.1) is 6.92 Å². The molecule has 98 valence electrons. The molecule has 3 N–H and O–H groups in total. The van der Waals surface area contributed by atoms with Crippen molar-refractivity contribution in [1.82, 2.24) is 10.2 Å². The molecule has 0 bridgehead atoms. The summed E-state index contributed by atoms with van der Waals surface area (Å²) in [7, 11) is 0. The Labute approximate surface area is 111 Å². The van der Waals surface area contributed by atoms with Gasteiger partial charge in [0.1, 0.15) is 0 Å². The number of anilines is 1. The van der Waals surface area contributed by atoms with E-state index in [9.17, 15) is 4.79 Å². The fourth-order valence-electron chi connectivity index (χ4n) is 2.29. The number of carbonyl (C=O) groups is 1. The number of nitrogens with two attached hydrogens (primary N) is 1. The summed E-state index contributed by atoms with van der Waals surface area (Å²) in [6.07, 6.45) is 0.396. The van der Waals surface area contributed by atoms with Crippen LogP contribution in [-0.4, -0.2) is 28.7 Å². The lowest BCUT2D eigenvalue weighted by Gasteiger charge is -2.11. The molecule has 1 aliphatic heterocycles. The number of hydrogen-bond donors (Lipinski definition) is 2. The third-order valence-electron chi connectivity index (χ3n) is 3.36. The Morgan fingerprint density at radius 3 is 2.74 bits per heavy atom. The molecule has 0 radical (unpaired) electrons. The summed E-state index contributed by atoms with van der Waals surface area (Å²) in [5, 5.41) is 7.18. The average molecular weight is 256 g/mol. The predicted octanol–water partition coefficient (Wildman–Crippen LogP) is 1.45. The van der Waals surface area contributed by atoms with E-state index in [1.165, 1.54) is 5.56 Å². The molecule has 0 spiro atoms. The van der Waals surface area contributed by atoms with E-state index in [1.807, 2.05) is 37.3 Å². The molecule has 1 saturated heterocycles. The molecule has 1 amide bonds. The molecule has 3 rings (SSSR count). The van der Waals surface area contributed by atoms with E-state index >= 15 is 0 Å². The number of hydrogen-bond acceptors (Lipinski definition) is 3. The SMILES string of the molecule is Cc1ccc(-c2cc(N3CC(N)CC3=O)n[nH]2)cc1. The maximum atomic E-state index is 11.8. The van der Waals surface area contributed by atoms with Gasteiger partial charge >= 0.3 is 0 Å². The number of benzene rings is 1. The first-order valence-electron chi connectivity index (χ1n) is 6.32. The minimum Gasteiger partial charge on any atom is -0.326 e. The molecular weight excluding hydrogens is 240 g/mol. The predicted molar refractivity (Wildman–Crippen MR) is 73.7 cm³/mol. The number of carbonyl (C=O) groups excluding carboxylic acids is 1. The molecule has 1 aliphatic rings. The number of aromatic nitrogens is 2. The van der Waals surface area contributed by atoms with Crippen molar-refractivity contribution >= 4 is 11.7 Å². The third-order valence-corrected chi connectivity index (χ3v) is 3.36.